The molecule has 0 spiro atoms. The van der Waals surface area contributed by atoms with Crippen LogP contribution >= 0.6 is 0 Å². The van der Waals surface area contributed by atoms with Gasteiger partial charge >= 0.3 is 0 Å². The van der Waals surface area contributed by atoms with Gasteiger partial charge in [-0.05, 0) is 31.5 Å². The summed E-state index contributed by atoms with van der Waals surface area (Å²) in [5.74, 6) is 0.762. The second-order valence-corrected chi connectivity index (χ2v) is 7.26. The van der Waals surface area contributed by atoms with Crippen LogP contribution in [0.15, 0.2) is 30.6 Å². The van der Waals surface area contributed by atoms with Crippen LogP contribution < -0.4 is 10.6 Å². The fourth-order valence-electron chi connectivity index (χ4n) is 3.16. The number of aromatic nitrogens is 6. The van der Waals surface area contributed by atoms with Gasteiger partial charge in [-0.2, -0.15) is 10.2 Å². The van der Waals surface area contributed by atoms with Gasteiger partial charge in [0, 0.05) is 36.6 Å². The third kappa shape index (κ3) is 4.74. The molecule has 0 aliphatic heterocycles. The molecule has 0 bridgehead atoms. The van der Waals surface area contributed by atoms with Crippen LogP contribution in [0.5, 0.6) is 0 Å². The van der Waals surface area contributed by atoms with Crippen molar-refractivity contribution in [1.82, 2.24) is 30.4 Å². The van der Waals surface area contributed by atoms with Gasteiger partial charge in [0.1, 0.15) is 5.52 Å². The number of nitrogens with zero attached hydrogens (tertiary/aromatic N) is 5. The Kier molecular flexibility index (Phi) is 7.31. The van der Waals surface area contributed by atoms with E-state index in [1.807, 2.05) is 18.2 Å². The first-order chi connectivity index (χ1) is 14.6. The first-order valence-corrected chi connectivity index (χ1v) is 10.4. The zero-order chi connectivity index (χ0) is 21.5. The Labute approximate surface area is 175 Å². The zero-order valence-corrected chi connectivity index (χ0v) is 17.8. The van der Waals surface area contributed by atoms with Crippen molar-refractivity contribution in [3.05, 3.63) is 30.6 Å². The van der Waals surface area contributed by atoms with Gasteiger partial charge < -0.3 is 15.7 Å². The third-order valence-corrected chi connectivity index (χ3v) is 4.51. The predicted octanol–water partition coefficient (Wildman–Crippen LogP) is 2.85. The SMILES string of the molecule is CC(O)CCN(CCN)c1nc(-c2[nH]nc3ncccc23)cc2cn[nH]c12.CCC. The number of aliphatic hydroxyl groups is 1. The number of anilines is 1. The monoisotopic (exact) mass is 410 g/mol. The maximum Gasteiger partial charge on any atom is 0.181 e. The summed E-state index contributed by atoms with van der Waals surface area (Å²) in [6.07, 6.45) is 4.96. The van der Waals surface area contributed by atoms with E-state index in [4.69, 9.17) is 10.7 Å². The quantitative estimate of drug-likeness (QED) is 0.368. The Bertz CT molecular complexity index is 1070. The highest BCUT2D eigenvalue weighted by molar-refractivity contribution is 5.95. The largest absolute Gasteiger partial charge is 0.393 e. The van der Waals surface area contributed by atoms with Gasteiger partial charge in [-0.1, -0.05) is 20.3 Å². The van der Waals surface area contributed by atoms with Gasteiger partial charge in [0.25, 0.3) is 0 Å². The number of hydrogen-bond donors (Lipinski definition) is 4. The molecule has 4 aromatic rings. The number of nitrogens with two attached hydrogens (primary N) is 1. The molecule has 5 N–H and O–H groups in total. The van der Waals surface area contributed by atoms with Crippen LogP contribution in [0.2, 0.25) is 0 Å². The molecule has 0 saturated carbocycles. The van der Waals surface area contributed by atoms with Crippen molar-refractivity contribution in [2.45, 2.75) is 39.7 Å². The molecule has 9 nitrogen and oxygen atoms in total. The maximum absolute atomic E-state index is 9.69. The highest BCUT2D eigenvalue weighted by Gasteiger charge is 2.18. The lowest BCUT2D eigenvalue weighted by molar-refractivity contribution is 0.186. The number of rotatable bonds is 7. The number of H-pyrrole nitrogens is 2. The third-order valence-electron chi connectivity index (χ3n) is 4.51. The average molecular weight is 411 g/mol. The van der Waals surface area contributed by atoms with Crippen LogP contribution in [-0.4, -0.2) is 61.2 Å². The molecule has 30 heavy (non-hydrogen) atoms. The molecule has 0 radical (unpaired) electrons. The lowest BCUT2D eigenvalue weighted by atomic mass is 10.1. The molecule has 0 saturated heterocycles. The lowest BCUT2D eigenvalue weighted by Crippen LogP contribution is -2.32. The van der Waals surface area contributed by atoms with Crippen molar-refractivity contribution < 1.29 is 5.11 Å². The Balaban J connectivity index is 0.000000806. The van der Waals surface area contributed by atoms with Crippen molar-refractivity contribution in [1.29, 1.82) is 0 Å². The molecule has 4 heterocycles. The fraction of sp³-hybridized carbons (Fsp3) is 0.429. The summed E-state index contributed by atoms with van der Waals surface area (Å²) in [5, 5.41) is 26.1. The summed E-state index contributed by atoms with van der Waals surface area (Å²) in [6.45, 7) is 7.78. The standard InChI is InChI=1S/C18H22N8O.C3H8/c1-11(27)4-7-26(8-5-19)18-15-12(10-21-23-15)9-14(22-18)16-13-3-2-6-20-17(13)25-24-16;1-3-2/h2-3,6,9-11,27H,4-5,7-8,19H2,1H3,(H,21,23)(H,20,24,25);3H2,1-2H3. The van der Waals surface area contributed by atoms with Gasteiger partial charge in [-0.25, -0.2) is 9.97 Å². The second kappa shape index (κ2) is 10.1. The predicted molar refractivity (Wildman–Crippen MR) is 120 cm³/mol. The maximum atomic E-state index is 9.69. The van der Waals surface area contributed by atoms with Crippen molar-refractivity contribution in [2.75, 3.05) is 24.5 Å². The van der Waals surface area contributed by atoms with E-state index in [0.717, 1.165) is 33.5 Å². The van der Waals surface area contributed by atoms with E-state index in [9.17, 15) is 5.11 Å². The summed E-state index contributed by atoms with van der Waals surface area (Å²) in [5.41, 5.74) is 8.88. The normalized spacial score (nSPS) is 12.0. The van der Waals surface area contributed by atoms with E-state index in [0.29, 0.717) is 31.7 Å². The summed E-state index contributed by atoms with van der Waals surface area (Å²) in [6, 6.07) is 5.81. The smallest absolute Gasteiger partial charge is 0.181 e. The molecule has 4 rings (SSSR count). The van der Waals surface area contributed by atoms with E-state index < -0.39 is 6.10 Å². The van der Waals surface area contributed by atoms with E-state index in [2.05, 4.69) is 44.1 Å². The number of fused-ring (bicyclic) bond motifs is 2. The highest BCUT2D eigenvalue weighted by atomic mass is 16.3. The zero-order valence-electron chi connectivity index (χ0n) is 17.8. The summed E-state index contributed by atoms with van der Waals surface area (Å²) in [7, 11) is 0. The average Bonchev–Trinajstić information content (AvgIpc) is 3.37. The van der Waals surface area contributed by atoms with Crippen LogP contribution in [0.25, 0.3) is 33.3 Å². The van der Waals surface area contributed by atoms with E-state index >= 15 is 0 Å². The second-order valence-electron chi connectivity index (χ2n) is 7.26. The summed E-state index contributed by atoms with van der Waals surface area (Å²) >= 11 is 0. The van der Waals surface area contributed by atoms with E-state index in [-0.39, 0.29) is 0 Å². The molecule has 0 aliphatic carbocycles. The van der Waals surface area contributed by atoms with Crippen LogP contribution in [0, 0.1) is 0 Å². The van der Waals surface area contributed by atoms with Crippen LogP contribution in [0.1, 0.15) is 33.6 Å². The van der Waals surface area contributed by atoms with Gasteiger partial charge in [0.2, 0.25) is 0 Å². The van der Waals surface area contributed by atoms with Crippen LogP contribution in [-0.2, 0) is 0 Å². The van der Waals surface area contributed by atoms with Crippen molar-refractivity contribution in [3.8, 4) is 11.4 Å². The molecule has 0 aliphatic rings. The highest BCUT2D eigenvalue weighted by Crippen LogP contribution is 2.30. The Morgan fingerprint density at radius 1 is 1.23 bits per heavy atom. The first kappa shape index (κ1) is 21.7. The van der Waals surface area contributed by atoms with Gasteiger partial charge in [0.15, 0.2) is 11.5 Å². The number of aliphatic hydroxyl groups excluding tert-OH is 1. The molecule has 160 valence electrons. The number of aromatic amines is 2. The fourth-order valence-corrected chi connectivity index (χ4v) is 3.16. The van der Waals surface area contributed by atoms with Crippen LogP contribution in [0.4, 0.5) is 5.82 Å². The molecular formula is C21H30N8O. The van der Waals surface area contributed by atoms with Gasteiger partial charge in [0.05, 0.1) is 23.7 Å². The Hall–Kier alpha value is -3.04. The summed E-state index contributed by atoms with van der Waals surface area (Å²) in [4.78, 5) is 11.2. The number of pyridine rings is 2. The summed E-state index contributed by atoms with van der Waals surface area (Å²) < 4.78 is 0. The van der Waals surface area contributed by atoms with Crippen molar-refractivity contribution >= 4 is 27.8 Å². The van der Waals surface area contributed by atoms with Crippen molar-refractivity contribution in [3.63, 3.8) is 0 Å². The molecule has 4 aromatic heterocycles. The van der Waals surface area contributed by atoms with Crippen LogP contribution in [0.3, 0.4) is 0 Å². The number of hydrogen-bond acceptors (Lipinski definition) is 7. The van der Waals surface area contributed by atoms with Gasteiger partial charge in [-0.15, -0.1) is 0 Å². The lowest BCUT2D eigenvalue weighted by Gasteiger charge is -2.24. The molecule has 1 unspecified atom stereocenters. The minimum absolute atomic E-state index is 0.395. The topological polar surface area (TPSA) is 133 Å². The van der Waals surface area contributed by atoms with Crippen molar-refractivity contribution in [2.24, 2.45) is 5.73 Å². The molecule has 9 heteroatoms. The minimum atomic E-state index is -0.395. The Morgan fingerprint density at radius 3 is 2.77 bits per heavy atom. The van der Waals surface area contributed by atoms with E-state index in [1.165, 1.54) is 6.42 Å². The Morgan fingerprint density at radius 2 is 2.03 bits per heavy atom. The molecule has 0 aromatic carbocycles. The molecule has 0 fully saturated rings. The number of nitrogens with one attached hydrogen (secondary N) is 2. The minimum Gasteiger partial charge on any atom is -0.393 e. The first-order valence-electron chi connectivity index (χ1n) is 10.4. The molecule has 0 amide bonds. The van der Waals surface area contributed by atoms with E-state index in [1.54, 1.807) is 19.3 Å². The molecule has 1 atom stereocenters. The van der Waals surface area contributed by atoms with Gasteiger partial charge in [-0.3, -0.25) is 10.2 Å². The molecular weight excluding hydrogens is 380 g/mol.